The number of carboxylic acid groups (broad SMARTS) is 2. The van der Waals surface area contributed by atoms with Crippen molar-refractivity contribution in [1.82, 2.24) is 14.4 Å². The predicted octanol–water partition coefficient (Wildman–Crippen LogP) is -0.751. The molecule has 0 saturated carbocycles. The Morgan fingerprint density at radius 2 is 1.88 bits per heavy atom. The van der Waals surface area contributed by atoms with E-state index in [9.17, 15) is 9.90 Å². The molecule has 4 rings (SSSR count). The molecule has 2 saturated heterocycles. The summed E-state index contributed by atoms with van der Waals surface area (Å²) in [5, 5.41) is 24.2. The Labute approximate surface area is 193 Å². The number of aliphatic hydroxyl groups excluding tert-OH is 1. The second-order valence-electron chi connectivity index (χ2n) is 8.96. The number of fused-ring (bicyclic) bond motifs is 4. The fraction of sp³-hybridized carbons (Fsp3) is 0.682. The minimum atomic E-state index is -0.604. The highest BCUT2D eigenvalue weighted by Gasteiger charge is 2.42. The molecule has 11 heteroatoms. The van der Waals surface area contributed by atoms with Gasteiger partial charge in [-0.05, 0) is 38.9 Å². The summed E-state index contributed by atoms with van der Waals surface area (Å²) in [6.07, 6.45) is 1.00. The predicted molar refractivity (Wildman–Crippen MR) is 121 cm³/mol. The van der Waals surface area contributed by atoms with Crippen LogP contribution < -0.4 is 11.3 Å². The van der Waals surface area contributed by atoms with Gasteiger partial charge in [0.15, 0.2) is 0 Å². The molecule has 5 N–H and O–H groups in total. The van der Waals surface area contributed by atoms with Gasteiger partial charge in [-0.15, -0.1) is 0 Å². The fourth-order valence-electron chi connectivity index (χ4n) is 5.21. The third-order valence-corrected chi connectivity index (χ3v) is 6.47. The molecule has 0 aromatic carbocycles. The van der Waals surface area contributed by atoms with Crippen molar-refractivity contribution in [1.29, 1.82) is 0 Å². The highest BCUT2D eigenvalue weighted by Crippen LogP contribution is 2.41. The zero-order valence-corrected chi connectivity index (χ0v) is 19.2. The Kier molecular flexibility index (Phi) is 10.5. The SMILES string of the molecule is CN(C)C[C@H]1[C@H]2C[C@H](CN(C[C@H]3OCC[C@H](N)[C@@H]3O)C2)c2cccc(=O)n21.O=CO.O=CO. The number of likely N-dealkylation sites (tertiary alicyclic amines) is 1. The van der Waals surface area contributed by atoms with E-state index < -0.39 is 6.10 Å². The van der Waals surface area contributed by atoms with Gasteiger partial charge in [0.05, 0.1) is 18.2 Å². The van der Waals surface area contributed by atoms with Crippen LogP contribution in [-0.2, 0) is 14.3 Å². The van der Waals surface area contributed by atoms with E-state index in [2.05, 4.69) is 30.0 Å². The summed E-state index contributed by atoms with van der Waals surface area (Å²) in [6.45, 7) is 3.50. The van der Waals surface area contributed by atoms with E-state index in [1.165, 1.54) is 0 Å². The number of hydrogen-bond acceptors (Lipinski definition) is 8. The van der Waals surface area contributed by atoms with Gasteiger partial charge in [0.2, 0.25) is 0 Å². The number of carbonyl (C=O) groups is 2. The van der Waals surface area contributed by atoms with E-state index in [4.69, 9.17) is 30.3 Å². The molecule has 2 bridgehead atoms. The summed E-state index contributed by atoms with van der Waals surface area (Å²) in [5.41, 5.74) is 7.29. The molecule has 0 aliphatic carbocycles. The van der Waals surface area contributed by atoms with E-state index in [1.807, 2.05) is 10.6 Å². The topological polar surface area (TPSA) is 159 Å². The first-order valence-corrected chi connectivity index (χ1v) is 11.1. The molecule has 33 heavy (non-hydrogen) atoms. The smallest absolute Gasteiger partial charge is 0.290 e. The molecule has 186 valence electrons. The van der Waals surface area contributed by atoms with Crippen LogP contribution >= 0.6 is 0 Å². The maximum Gasteiger partial charge on any atom is 0.290 e. The van der Waals surface area contributed by atoms with E-state index in [0.717, 1.165) is 31.7 Å². The van der Waals surface area contributed by atoms with Gasteiger partial charge in [-0.1, -0.05) is 6.07 Å². The maximum absolute atomic E-state index is 12.6. The second kappa shape index (κ2) is 12.8. The van der Waals surface area contributed by atoms with E-state index in [0.29, 0.717) is 31.4 Å². The van der Waals surface area contributed by atoms with Crippen LogP contribution in [0.15, 0.2) is 23.0 Å². The minimum Gasteiger partial charge on any atom is -0.483 e. The van der Waals surface area contributed by atoms with Gasteiger partial charge in [-0.3, -0.25) is 19.3 Å². The van der Waals surface area contributed by atoms with Crippen molar-refractivity contribution in [2.75, 3.05) is 46.9 Å². The lowest BCUT2D eigenvalue weighted by Crippen LogP contribution is -2.57. The molecule has 6 atom stereocenters. The van der Waals surface area contributed by atoms with Crippen LogP contribution in [-0.4, -0.2) is 108 Å². The largest absolute Gasteiger partial charge is 0.483 e. The average molecular weight is 469 g/mol. The number of ether oxygens (including phenoxy) is 1. The summed E-state index contributed by atoms with van der Waals surface area (Å²) in [6, 6.07) is 5.65. The second-order valence-corrected chi connectivity index (χ2v) is 8.96. The number of nitrogens with zero attached hydrogens (tertiary/aromatic N) is 3. The first-order chi connectivity index (χ1) is 15.8. The van der Waals surface area contributed by atoms with E-state index >= 15 is 0 Å². The van der Waals surface area contributed by atoms with Crippen molar-refractivity contribution in [2.24, 2.45) is 11.7 Å². The Morgan fingerprint density at radius 3 is 2.52 bits per heavy atom. The normalized spacial score (nSPS) is 30.7. The lowest BCUT2D eigenvalue weighted by atomic mass is 9.78. The molecule has 3 aliphatic heterocycles. The Hall–Kier alpha value is -2.31. The van der Waals surface area contributed by atoms with E-state index in [1.54, 1.807) is 6.07 Å². The lowest BCUT2D eigenvalue weighted by Gasteiger charge is -2.48. The number of rotatable bonds is 4. The summed E-state index contributed by atoms with van der Waals surface area (Å²) >= 11 is 0. The van der Waals surface area contributed by atoms with Gasteiger partial charge < -0.3 is 35.3 Å². The van der Waals surface area contributed by atoms with Crippen LogP contribution in [0.25, 0.3) is 0 Å². The van der Waals surface area contributed by atoms with Crippen molar-refractivity contribution < 1.29 is 29.6 Å². The number of aliphatic hydroxyl groups is 1. The molecule has 0 spiro atoms. The summed E-state index contributed by atoms with van der Waals surface area (Å²) in [4.78, 5) is 33.9. The van der Waals surface area contributed by atoms with Crippen molar-refractivity contribution in [3.05, 3.63) is 34.2 Å². The maximum atomic E-state index is 12.6. The molecule has 0 amide bonds. The summed E-state index contributed by atoms with van der Waals surface area (Å²) in [5.74, 6) is 0.777. The van der Waals surface area contributed by atoms with Crippen LogP contribution in [0, 0.1) is 5.92 Å². The number of aromatic nitrogens is 1. The summed E-state index contributed by atoms with van der Waals surface area (Å²) in [7, 11) is 4.13. The van der Waals surface area contributed by atoms with Gasteiger partial charge >= 0.3 is 0 Å². The Bertz CT molecular complexity index is 812. The number of likely N-dealkylation sites (N-methyl/N-ethyl adjacent to an activating group) is 1. The van der Waals surface area contributed by atoms with Crippen molar-refractivity contribution in [3.8, 4) is 0 Å². The van der Waals surface area contributed by atoms with Crippen LogP contribution in [0.3, 0.4) is 0 Å². The van der Waals surface area contributed by atoms with Crippen LogP contribution in [0.2, 0.25) is 0 Å². The van der Waals surface area contributed by atoms with Gasteiger partial charge in [-0.25, -0.2) is 0 Å². The Balaban J connectivity index is 0.000000582. The molecular weight excluding hydrogens is 432 g/mol. The zero-order chi connectivity index (χ0) is 24.5. The zero-order valence-electron chi connectivity index (χ0n) is 19.2. The number of piperidine rings is 1. The van der Waals surface area contributed by atoms with Crippen LogP contribution in [0.1, 0.15) is 30.5 Å². The van der Waals surface area contributed by atoms with Crippen molar-refractivity contribution >= 4 is 12.9 Å². The van der Waals surface area contributed by atoms with Crippen molar-refractivity contribution in [2.45, 2.75) is 43.1 Å². The monoisotopic (exact) mass is 468 g/mol. The van der Waals surface area contributed by atoms with Gasteiger partial charge in [0.1, 0.15) is 0 Å². The highest BCUT2D eigenvalue weighted by molar-refractivity contribution is 5.33. The molecule has 11 nitrogen and oxygen atoms in total. The third kappa shape index (κ3) is 6.84. The van der Waals surface area contributed by atoms with Gasteiger partial charge in [0, 0.05) is 56.5 Å². The molecule has 2 fully saturated rings. The minimum absolute atomic E-state index is 0.111. The Morgan fingerprint density at radius 1 is 1.21 bits per heavy atom. The molecule has 1 aromatic rings. The molecule has 0 unspecified atom stereocenters. The van der Waals surface area contributed by atoms with E-state index in [-0.39, 0.29) is 36.7 Å². The number of pyridine rings is 1. The standard InChI is InChI=1S/C20H32N4O3.2CH2O2/c1-22(2)11-17-14-8-13(16-4-3-5-19(25)24(16)17)9-23(10-14)12-18-20(26)15(21)6-7-27-18;2*2-1-3/h3-5,13-15,17-18,20,26H,6-12,21H2,1-2H3;2*1H,(H,2,3)/t13-,14+,15+,17+,18-,20+;;/m1../s1. The fourth-order valence-corrected chi connectivity index (χ4v) is 5.21. The molecular formula is C22H36N4O7. The molecule has 3 aliphatic rings. The first-order valence-electron chi connectivity index (χ1n) is 11.1. The molecule has 1 aromatic heterocycles. The van der Waals surface area contributed by atoms with Crippen molar-refractivity contribution in [3.63, 3.8) is 0 Å². The van der Waals surface area contributed by atoms with Gasteiger partial charge in [-0.2, -0.15) is 0 Å². The van der Waals surface area contributed by atoms with Crippen LogP contribution in [0.4, 0.5) is 0 Å². The molecule has 4 heterocycles. The van der Waals surface area contributed by atoms with Gasteiger partial charge in [0.25, 0.3) is 18.5 Å². The average Bonchev–Trinajstić information content (AvgIpc) is 2.75. The van der Waals surface area contributed by atoms with Crippen LogP contribution in [0.5, 0.6) is 0 Å². The highest BCUT2D eigenvalue weighted by atomic mass is 16.5. The number of hydrogen-bond donors (Lipinski definition) is 4. The summed E-state index contributed by atoms with van der Waals surface area (Å²) < 4.78 is 7.87. The third-order valence-electron chi connectivity index (χ3n) is 6.47. The lowest BCUT2D eigenvalue weighted by molar-refractivity contribution is -0.123. The first kappa shape index (κ1) is 26.9. The number of nitrogens with two attached hydrogens (primary N) is 1. The molecule has 0 radical (unpaired) electrons. The quantitative estimate of drug-likeness (QED) is 0.414.